The number of aromatic nitrogens is 3. The standard InChI is InChI=1S/C27H32FN5O2/c1-17-13-15-29-18(2)24(17)19-8-11-22(12-9-19)31-27(35)25(20-5-4-6-21(28)10-7-20)32-26(34)23-14-16-30-33(23)3/h8-9,11-16,20-21,25H,4-7,10H2,1-3H3,(H,31,35)(H,32,34)/t20-,21-,25?/m0/s1. The summed E-state index contributed by atoms with van der Waals surface area (Å²) in [4.78, 5) is 30.7. The molecule has 2 amide bonds. The zero-order valence-electron chi connectivity index (χ0n) is 20.4. The first-order chi connectivity index (χ1) is 16.8. The van der Waals surface area contributed by atoms with Crippen LogP contribution in [-0.2, 0) is 11.8 Å². The molecule has 1 aliphatic rings. The molecular formula is C27H32FN5O2. The maximum absolute atomic E-state index is 14.0. The highest BCUT2D eigenvalue weighted by molar-refractivity contribution is 6.00. The molecule has 4 rings (SSSR count). The van der Waals surface area contributed by atoms with E-state index < -0.39 is 12.2 Å². The molecular weight excluding hydrogens is 445 g/mol. The minimum atomic E-state index is -0.858. The Morgan fingerprint density at radius 3 is 2.49 bits per heavy atom. The summed E-state index contributed by atoms with van der Waals surface area (Å²) in [6, 6.07) is 10.4. The number of hydrogen-bond donors (Lipinski definition) is 2. The summed E-state index contributed by atoms with van der Waals surface area (Å²) in [5, 5.41) is 9.90. The SMILES string of the molecule is Cc1ccnc(C)c1-c1ccc(NC(=O)C(NC(=O)c2ccnn2C)[C@H]2CCC[C@H](F)CC2)cc1. The molecule has 3 atom stereocenters. The molecule has 0 radical (unpaired) electrons. The Morgan fingerprint density at radius 1 is 1.03 bits per heavy atom. The fourth-order valence-electron chi connectivity index (χ4n) is 4.90. The Hall–Kier alpha value is -3.55. The van der Waals surface area contributed by atoms with Crippen LogP contribution in [0.2, 0.25) is 0 Å². The number of benzene rings is 1. The van der Waals surface area contributed by atoms with Crippen molar-refractivity contribution in [2.75, 3.05) is 5.32 Å². The van der Waals surface area contributed by atoms with E-state index in [4.69, 9.17) is 0 Å². The molecule has 0 saturated heterocycles. The number of hydrogen-bond acceptors (Lipinski definition) is 4. The molecule has 2 aromatic heterocycles. The van der Waals surface area contributed by atoms with Crippen LogP contribution < -0.4 is 10.6 Å². The number of nitrogens with zero attached hydrogens (tertiary/aromatic N) is 3. The number of amides is 2. The predicted molar refractivity (Wildman–Crippen MR) is 134 cm³/mol. The van der Waals surface area contributed by atoms with Crippen LogP contribution in [0.15, 0.2) is 48.8 Å². The van der Waals surface area contributed by atoms with Gasteiger partial charge in [0.05, 0.1) is 0 Å². The first-order valence-corrected chi connectivity index (χ1v) is 12.1. The summed E-state index contributed by atoms with van der Waals surface area (Å²) in [7, 11) is 1.68. The summed E-state index contributed by atoms with van der Waals surface area (Å²) in [6.07, 6.45) is 5.28. The monoisotopic (exact) mass is 477 g/mol. The third kappa shape index (κ3) is 5.75. The highest BCUT2D eigenvalue weighted by Crippen LogP contribution is 2.29. The molecule has 2 N–H and O–H groups in total. The number of aryl methyl sites for hydroxylation is 3. The fraction of sp³-hybridized carbons (Fsp3) is 0.407. The van der Waals surface area contributed by atoms with Crippen molar-refractivity contribution in [1.29, 1.82) is 0 Å². The van der Waals surface area contributed by atoms with E-state index in [0.717, 1.165) is 22.4 Å². The molecule has 1 fully saturated rings. The normalized spacial score (nSPS) is 19.0. The summed E-state index contributed by atoms with van der Waals surface area (Å²) < 4.78 is 15.5. The molecule has 1 unspecified atom stereocenters. The Labute approximate surface area is 205 Å². The van der Waals surface area contributed by atoms with Gasteiger partial charge in [-0.2, -0.15) is 5.10 Å². The Balaban J connectivity index is 1.53. The second-order valence-corrected chi connectivity index (χ2v) is 9.31. The number of anilines is 1. The van der Waals surface area contributed by atoms with Crippen LogP contribution in [0.3, 0.4) is 0 Å². The molecule has 0 spiro atoms. The van der Waals surface area contributed by atoms with Crippen molar-refractivity contribution in [2.45, 2.75) is 58.2 Å². The first-order valence-electron chi connectivity index (χ1n) is 12.1. The van der Waals surface area contributed by atoms with Crippen LogP contribution in [0.25, 0.3) is 11.1 Å². The smallest absolute Gasteiger partial charge is 0.270 e. The van der Waals surface area contributed by atoms with E-state index in [-0.39, 0.29) is 17.7 Å². The molecule has 1 saturated carbocycles. The van der Waals surface area contributed by atoms with Crippen molar-refractivity contribution in [2.24, 2.45) is 13.0 Å². The second kappa shape index (κ2) is 10.8. The van der Waals surface area contributed by atoms with Gasteiger partial charge in [-0.15, -0.1) is 0 Å². The van der Waals surface area contributed by atoms with Gasteiger partial charge in [0.1, 0.15) is 17.9 Å². The molecule has 0 bridgehead atoms. The van der Waals surface area contributed by atoms with Crippen LogP contribution in [-0.4, -0.2) is 38.8 Å². The van der Waals surface area contributed by atoms with Gasteiger partial charge in [-0.1, -0.05) is 18.6 Å². The zero-order chi connectivity index (χ0) is 24.9. The van der Waals surface area contributed by atoms with E-state index in [1.807, 2.05) is 44.2 Å². The van der Waals surface area contributed by atoms with Gasteiger partial charge in [0.15, 0.2) is 0 Å². The van der Waals surface area contributed by atoms with Crippen molar-refractivity contribution in [3.8, 4) is 11.1 Å². The molecule has 35 heavy (non-hydrogen) atoms. The average Bonchev–Trinajstić information content (AvgIpc) is 3.15. The van der Waals surface area contributed by atoms with Gasteiger partial charge in [0, 0.05) is 36.4 Å². The average molecular weight is 478 g/mol. The number of pyridine rings is 1. The van der Waals surface area contributed by atoms with E-state index in [2.05, 4.69) is 20.7 Å². The van der Waals surface area contributed by atoms with Crippen molar-refractivity contribution in [3.63, 3.8) is 0 Å². The van der Waals surface area contributed by atoms with Crippen molar-refractivity contribution < 1.29 is 14.0 Å². The maximum atomic E-state index is 14.0. The number of carbonyl (C=O) groups excluding carboxylic acids is 2. The van der Waals surface area contributed by atoms with Gasteiger partial charge in [-0.25, -0.2) is 4.39 Å². The van der Waals surface area contributed by atoms with Gasteiger partial charge in [0.25, 0.3) is 5.91 Å². The first kappa shape index (κ1) is 24.6. The topological polar surface area (TPSA) is 88.9 Å². The molecule has 0 aliphatic heterocycles. The van der Waals surface area contributed by atoms with Gasteiger partial charge >= 0.3 is 0 Å². The third-order valence-electron chi connectivity index (χ3n) is 6.83. The van der Waals surface area contributed by atoms with E-state index in [9.17, 15) is 14.0 Å². The van der Waals surface area contributed by atoms with Crippen molar-refractivity contribution >= 4 is 17.5 Å². The zero-order valence-corrected chi connectivity index (χ0v) is 20.4. The number of halogens is 1. The number of nitrogens with one attached hydrogen (secondary N) is 2. The van der Waals surface area contributed by atoms with Gasteiger partial charge < -0.3 is 10.6 Å². The fourth-order valence-corrected chi connectivity index (χ4v) is 4.90. The van der Waals surface area contributed by atoms with E-state index >= 15 is 0 Å². The summed E-state index contributed by atoms with van der Waals surface area (Å²) in [6.45, 7) is 4.02. The Bertz CT molecular complexity index is 1170. The maximum Gasteiger partial charge on any atom is 0.270 e. The van der Waals surface area contributed by atoms with Crippen LogP contribution >= 0.6 is 0 Å². The van der Waals surface area contributed by atoms with E-state index in [1.54, 1.807) is 19.3 Å². The third-order valence-corrected chi connectivity index (χ3v) is 6.83. The largest absolute Gasteiger partial charge is 0.339 e. The molecule has 2 heterocycles. The number of rotatable bonds is 6. The lowest BCUT2D eigenvalue weighted by atomic mass is 9.90. The number of carbonyl (C=O) groups is 2. The Kier molecular flexibility index (Phi) is 7.58. The lowest BCUT2D eigenvalue weighted by molar-refractivity contribution is -0.119. The van der Waals surface area contributed by atoms with Gasteiger partial charge in [0.2, 0.25) is 5.91 Å². The molecule has 3 aromatic rings. The molecule has 1 aliphatic carbocycles. The van der Waals surface area contributed by atoms with Gasteiger partial charge in [-0.3, -0.25) is 19.3 Å². The predicted octanol–water partition coefficient (Wildman–Crippen LogP) is 4.75. The Morgan fingerprint density at radius 2 is 1.80 bits per heavy atom. The van der Waals surface area contributed by atoms with Crippen LogP contribution in [0, 0.1) is 19.8 Å². The molecule has 8 heteroatoms. The minimum absolute atomic E-state index is 0.145. The summed E-state index contributed by atoms with van der Waals surface area (Å²) in [5.41, 5.74) is 5.17. The highest BCUT2D eigenvalue weighted by atomic mass is 19.1. The van der Waals surface area contributed by atoms with Crippen LogP contribution in [0.4, 0.5) is 10.1 Å². The summed E-state index contributed by atoms with van der Waals surface area (Å²) in [5.74, 6) is -0.818. The van der Waals surface area contributed by atoms with Gasteiger partial charge in [-0.05, 0) is 80.8 Å². The number of alkyl halides is 1. The van der Waals surface area contributed by atoms with Crippen molar-refractivity contribution in [3.05, 3.63) is 65.7 Å². The molecule has 184 valence electrons. The van der Waals surface area contributed by atoms with Crippen LogP contribution in [0.1, 0.15) is 53.8 Å². The molecule has 7 nitrogen and oxygen atoms in total. The van der Waals surface area contributed by atoms with Crippen molar-refractivity contribution in [1.82, 2.24) is 20.1 Å². The second-order valence-electron chi connectivity index (χ2n) is 9.31. The molecule has 1 aromatic carbocycles. The summed E-state index contributed by atoms with van der Waals surface area (Å²) >= 11 is 0. The lowest BCUT2D eigenvalue weighted by Crippen LogP contribution is -2.49. The van der Waals surface area contributed by atoms with Crippen LogP contribution in [0.5, 0.6) is 0 Å². The van der Waals surface area contributed by atoms with E-state index in [0.29, 0.717) is 43.5 Å². The van der Waals surface area contributed by atoms with E-state index in [1.165, 1.54) is 10.9 Å². The quantitative estimate of drug-likeness (QED) is 0.501. The highest BCUT2D eigenvalue weighted by Gasteiger charge is 2.32. The lowest BCUT2D eigenvalue weighted by Gasteiger charge is -2.26. The minimum Gasteiger partial charge on any atom is -0.339 e.